The van der Waals surface area contributed by atoms with Gasteiger partial charge in [0.05, 0.1) is 22.8 Å². The van der Waals surface area contributed by atoms with E-state index in [1.165, 1.54) is 28.6 Å². The lowest BCUT2D eigenvalue weighted by Gasteiger charge is -2.36. The van der Waals surface area contributed by atoms with Gasteiger partial charge in [-0.05, 0) is 143 Å². The number of fused-ring (bicyclic) bond motifs is 4. The molecule has 7 amide bonds. The van der Waals surface area contributed by atoms with Crippen molar-refractivity contribution in [2.24, 2.45) is 16.7 Å². The van der Waals surface area contributed by atoms with Crippen LogP contribution < -0.4 is 21.3 Å². The highest BCUT2D eigenvalue weighted by atomic mass is 32.2. The maximum atomic E-state index is 14.0. The van der Waals surface area contributed by atoms with Gasteiger partial charge in [-0.25, -0.2) is 4.79 Å². The number of benzene rings is 2. The minimum atomic E-state index is -0.838. The van der Waals surface area contributed by atoms with E-state index < -0.39 is 53.2 Å². The van der Waals surface area contributed by atoms with Crippen molar-refractivity contribution < 1.29 is 38.3 Å². The molecule has 0 aromatic heterocycles. The van der Waals surface area contributed by atoms with Crippen LogP contribution in [0.3, 0.4) is 0 Å². The van der Waals surface area contributed by atoms with E-state index in [-0.39, 0.29) is 63.7 Å². The normalized spacial score (nSPS) is 27.9. The van der Waals surface area contributed by atoms with Crippen molar-refractivity contribution >= 4 is 65.1 Å². The lowest BCUT2D eigenvalue weighted by atomic mass is 9.83. The number of nitrogens with one attached hydrogen (secondary N) is 4. The highest BCUT2D eigenvalue weighted by Gasteiger charge is 2.56. The first kappa shape index (κ1) is 56.0. The smallest absolute Gasteiger partial charge is 0.410 e. The fraction of sp³-hybridized carbons (Fsp3) is 0.661. The third kappa shape index (κ3) is 12.7. The molecule has 0 radical (unpaired) electrons. The van der Waals surface area contributed by atoms with E-state index in [2.05, 4.69) is 65.4 Å². The Morgan fingerprint density at radius 1 is 0.671 bits per heavy atom. The summed E-state index contributed by atoms with van der Waals surface area (Å²) >= 11 is 3.40. The van der Waals surface area contributed by atoms with Gasteiger partial charge in [0.15, 0.2) is 0 Å². The number of thioether (sulfide) groups is 2. The number of likely N-dealkylation sites (N-methyl/N-ethyl adjacent to an activating group) is 1. The van der Waals surface area contributed by atoms with Crippen molar-refractivity contribution in [3.63, 3.8) is 0 Å². The van der Waals surface area contributed by atoms with Gasteiger partial charge in [-0.1, -0.05) is 90.1 Å². The molecule has 400 valence electrons. The van der Waals surface area contributed by atoms with Crippen LogP contribution in [0.2, 0.25) is 0 Å². The van der Waals surface area contributed by atoms with Gasteiger partial charge >= 0.3 is 6.09 Å². The molecule has 4 saturated heterocycles. The van der Waals surface area contributed by atoms with Crippen molar-refractivity contribution in [2.75, 3.05) is 18.6 Å². The zero-order valence-electron chi connectivity index (χ0n) is 45.0. The number of hydrogen-bond donors (Lipinski definition) is 4. The van der Waals surface area contributed by atoms with E-state index >= 15 is 0 Å². The molecule has 2 unspecified atom stereocenters. The summed E-state index contributed by atoms with van der Waals surface area (Å²) in [5.41, 5.74) is 3.45. The summed E-state index contributed by atoms with van der Waals surface area (Å²) in [4.78, 5) is 98.3. The Kier molecular flexibility index (Phi) is 17.6. The van der Waals surface area contributed by atoms with Crippen molar-refractivity contribution in [3.8, 4) is 0 Å². The number of nitrogens with zero attached hydrogens (tertiary/aromatic N) is 3. The van der Waals surface area contributed by atoms with E-state index in [0.29, 0.717) is 25.0 Å². The quantitative estimate of drug-likeness (QED) is 0.183. The van der Waals surface area contributed by atoms with Crippen LogP contribution in [-0.2, 0) is 46.3 Å². The molecule has 4 heterocycles. The third-order valence-electron chi connectivity index (χ3n) is 15.8. The monoisotopic (exact) mass is 1040 g/mol. The molecular formula is C56H81N7O8S2. The second-order valence-corrected chi connectivity index (χ2v) is 26.0. The van der Waals surface area contributed by atoms with Crippen LogP contribution >= 0.6 is 23.5 Å². The van der Waals surface area contributed by atoms with Gasteiger partial charge in [0.2, 0.25) is 35.4 Å². The zero-order chi connectivity index (χ0) is 53.2. The van der Waals surface area contributed by atoms with Crippen LogP contribution in [0, 0.1) is 16.7 Å². The van der Waals surface area contributed by atoms with Crippen LogP contribution in [0.1, 0.15) is 161 Å². The number of aryl methyl sites for hydroxylation is 2. The Morgan fingerprint density at radius 2 is 1.10 bits per heavy atom. The molecule has 0 spiro atoms. The van der Waals surface area contributed by atoms with Crippen molar-refractivity contribution in [1.29, 1.82) is 0 Å². The first-order valence-corrected chi connectivity index (χ1v) is 28.7. The first-order chi connectivity index (χ1) is 34.4. The van der Waals surface area contributed by atoms with Crippen LogP contribution in [-0.4, -0.2) is 121 Å². The van der Waals surface area contributed by atoms with E-state index in [0.717, 1.165) is 62.7 Å². The average molecular weight is 1040 g/mol. The average Bonchev–Trinajstić information content (AvgIpc) is 3.66. The van der Waals surface area contributed by atoms with E-state index in [1.54, 1.807) is 61.0 Å². The number of carbonyl (C=O) groups excluding carboxylic acids is 7. The molecular weight excluding hydrogens is 963 g/mol. The van der Waals surface area contributed by atoms with Gasteiger partial charge in [-0.2, -0.15) is 0 Å². The standard InChI is InChI=1S/C30H44N4O5S.C26H37N3O3S/c1-18(33(7)28(38)39-29(2,3)4)25(35)32-22-15-16-40-23-17-30(5,6)24(34(23)27(22)37)26(36)31-21-14-10-12-19-11-8-9-13-20(19)21;1-5-16(2)23(30)28-20-13-14-33-21-15-26(3,4)22(29(21)25(20)32)24(31)27-19-12-8-10-17-9-6-7-11-18(17)19/h8-9,11,13,18,21-24H,10,12,14-17H2,1-7H3,(H,31,36)(H,32,35);6-7,9,11,16,19-22H,5,8,10,12-15H2,1-4H3,(H,27,31)(H,28,30)/t18-,21+,22-,23-,24?;16-,19-,20+,21+,22?/m01/s1. The van der Waals surface area contributed by atoms with Gasteiger partial charge in [-0.15, -0.1) is 23.5 Å². The largest absolute Gasteiger partial charge is 0.444 e. The Labute approximate surface area is 441 Å². The molecule has 15 nitrogen and oxygen atoms in total. The highest BCUT2D eigenvalue weighted by molar-refractivity contribution is 8.00. The van der Waals surface area contributed by atoms with E-state index in [9.17, 15) is 33.6 Å². The molecule has 8 rings (SSSR count). The molecule has 17 heteroatoms. The second-order valence-electron chi connectivity index (χ2n) is 23.4. The number of ether oxygens (including phenoxy) is 1. The van der Waals surface area contributed by atoms with Crippen LogP contribution in [0.4, 0.5) is 4.79 Å². The molecule has 73 heavy (non-hydrogen) atoms. The van der Waals surface area contributed by atoms with Crippen LogP contribution in [0.15, 0.2) is 48.5 Å². The highest BCUT2D eigenvalue weighted by Crippen LogP contribution is 2.48. The zero-order valence-corrected chi connectivity index (χ0v) is 46.6. The SMILES string of the molecule is CC[C@@H](C)C(=O)N[C@H]1CCS[C@H]2CC(C)(C)C(C(=O)N[C@@H]3CCCc4ccccc43)N2C1=O.C[C@@H](C(=O)N[C@H]1CCS[C@H]2CC(C)(C)C(C(=O)N[C@@H]3CCCc4ccccc43)N2C1=O)N(C)C(=O)OC(C)(C)C. The fourth-order valence-electron chi connectivity index (χ4n) is 11.5. The predicted octanol–water partition coefficient (Wildman–Crippen LogP) is 7.81. The van der Waals surface area contributed by atoms with Gasteiger partial charge < -0.3 is 35.8 Å². The molecule has 10 atom stereocenters. The Hall–Kier alpha value is -4.77. The summed E-state index contributed by atoms with van der Waals surface area (Å²) < 4.78 is 5.39. The topological polar surface area (TPSA) is 187 Å². The lowest BCUT2D eigenvalue weighted by Crippen LogP contribution is -2.58. The molecule has 2 aliphatic carbocycles. The molecule has 0 saturated carbocycles. The third-order valence-corrected chi connectivity index (χ3v) is 18.3. The molecule has 0 bridgehead atoms. The fourth-order valence-corrected chi connectivity index (χ4v) is 14.6. The van der Waals surface area contributed by atoms with E-state index in [4.69, 9.17) is 4.74 Å². The number of amides is 7. The molecule has 6 aliphatic rings. The summed E-state index contributed by atoms with van der Waals surface area (Å²) in [5, 5.41) is 12.3. The summed E-state index contributed by atoms with van der Waals surface area (Å²) in [5.74, 6) is 0.228. The summed E-state index contributed by atoms with van der Waals surface area (Å²) in [6.45, 7) is 19.0. The Balaban J connectivity index is 0.000000218. The van der Waals surface area contributed by atoms with Crippen LogP contribution in [0.5, 0.6) is 0 Å². The van der Waals surface area contributed by atoms with Gasteiger partial charge in [0, 0.05) is 13.0 Å². The van der Waals surface area contributed by atoms with Gasteiger partial charge in [-0.3, -0.25) is 33.7 Å². The predicted molar refractivity (Wildman–Crippen MR) is 287 cm³/mol. The minimum Gasteiger partial charge on any atom is -0.444 e. The molecule has 4 N–H and O–H groups in total. The Bertz CT molecular complexity index is 2390. The van der Waals surface area contributed by atoms with Crippen molar-refractivity contribution in [3.05, 3.63) is 70.8 Å². The minimum absolute atomic E-state index is 0.0204. The van der Waals surface area contributed by atoms with Crippen molar-refractivity contribution in [1.82, 2.24) is 36.0 Å². The maximum absolute atomic E-state index is 14.0. The van der Waals surface area contributed by atoms with Crippen molar-refractivity contribution in [2.45, 2.75) is 199 Å². The summed E-state index contributed by atoms with van der Waals surface area (Å²) in [6, 6.07) is 13.1. The number of hydrogen-bond acceptors (Lipinski definition) is 10. The van der Waals surface area contributed by atoms with Crippen LogP contribution in [0.25, 0.3) is 0 Å². The van der Waals surface area contributed by atoms with Gasteiger partial charge in [0.1, 0.15) is 35.8 Å². The number of rotatable bonds is 10. The molecule has 4 fully saturated rings. The Morgan fingerprint density at radius 3 is 1.52 bits per heavy atom. The summed E-state index contributed by atoms with van der Waals surface area (Å²) in [6.07, 6.45) is 8.51. The first-order valence-electron chi connectivity index (χ1n) is 26.6. The number of carbonyl (C=O) groups is 7. The molecule has 4 aliphatic heterocycles. The molecule has 2 aromatic rings. The summed E-state index contributed by atoms with van der Waals surface area (Å²) in [7, 11) is 1.51. The van der Waals surface area contributed by atoms with E-state index in [1.807, 2.05) is 45.9 Å². The second kappa shape index (κ2) is 23.0. The lowest BCUT2D eigenvalue weighted by molar-refractivity contribution is -0.144. The maximum Gasteiger partial charge on any atom is 0.410 e. The van der Waals surface area contributed by atoms with Gasteiger partial charge in [0.25, 0.3) is 0 Å². The molecule has 2 aromatic carbocycles.